The van der Waals surface area contributed by atoms with Crippen molar-refractivity contribution in [3.05, 3.63) is 35.6 Å². The van der Waals surface area contributed by atoms with Crippen molar-refractivity contribution in [2.45, 2.75) is 32.1 Å². The summed E-state index contributed by atoms with van der Waals surface area (Å²) in [7, 11) is 0. The van der Waals surface area contributed by atoms with Crippen LogP contribution in [0.1, 0.15) is 37.7 Å². The summed E-state index contributed by atoms with van der Waals surface area (Å²) in [5.41, 5.74) is 0.966. The molecular weight excluding hydrogens is 219 g/mol. The summed E-state index contributed by atoms with van der Waals surface area (Å²) < 4.78 is 18.2. The van der Waals surface area contributed by atoms with E-state index in [-0.39, 0.29) is 18.3 Å². The molecule has 0 spiro atoms. The first-order chi connectivity index (χ1) is 8.27. The van der Waals surface area contributed by atoms with E-state index >= 15 is 0 Å². The summed E-state index contributed by atoms with van der Waals surface area (Å²) in [5, 5.41) is 9.30. The Morgan fingerprint density at radius 2 is 1.94 bits per heavy atom. The van der Waals surface area contributed by atoms with Gasteiger partial charge in [-0.05, 0) is 30.5 Å². The fraction of sp³-hybridized carbons (Fsp3) is 0.571. The highest BCUT2D eigenvalue weighted by Gasteiger charge is 2.10. The number of aliphatic hydroxyl groups is 1. The molecule has 1 unspecified atom stereocenters. The Balaban J connectivity index is 2.35. The summed E-state index contributed by atoms with van der Waals surface area (Å²) in [6.07, 6.45) is 2.97. The topological polar surface area (TPSA) is 29.5 Å². The van der Waals surface area contributed by atoms with Crippen LogP contribution in [0.25, 0.3) is 0 Å². The quantitative estimate of drug-likeness (QED) is 0.707. The number of hydrogen-bond acceptors (Lipinski definition) is 2. The fourth-order valence-corrected chi connectivity index (χ4v) is 1.67. The van der Waals surface area contributed by atoms with E-state index < -0.39 is 0 Å². The van der Waals surface area contributed by atoms with Crippen LogP contribution >= 0.6 is 0 Å². The highest BCUT2D eigenvalue weighted by Crippen LogP contribution is 2.19. The van der Waals surface area contributed by atoms with E-state index in [9.17, 15) is 9.50 Å². The number of hydrogen-bond donors (Lipinski definition) is 1. The SMILES string of the molecule is CCCCOCCC(CO)c1ccc(F)cc1. The predicted molar refractivity (Wildman–Crippen MR) is 66.6 cm³/mol. The number of halogens is 1. The van der Waals surface area contributed by atoms with Crippen LogP contribution in [0.15, 0.2) is 24.3 Å². The minimum atomic E-state index is -0.246. The third-order valence-electron chi connectivity index (χ3n) is 2.81. The van der Waals surface area contributed by atoms with E-state index in [1.165, 1.54) is 12.1 Å². The maximum Gasteiger partial charge on any atom is 0.123 e. The molecule has 1 aromatic rings. The van der Waals surface area contributed by atoms with Crippen LogP contribution in [0.5, 0.6) is 0 Å². The Morgan fingerprint density at radius 3 is 2.53 bits per heavy atom. The second-order valence-electron chi connectivity index (χ2n) is 4.19. The Hall–Kier alpha value is -0.930. The van der Waals surface area contributed by atoms with Crippen molar-refractivity contribution >= 4 is 0 Å². The van der Waals surface area contributed by atoms with Gasteiger partial charge in [-0.3, -0.25) is 0 Å². The molecule has 0 radical (unpaired) electrons. The molecule has 1 N–H and O–H groups in total. The van der Waals surface area contributed by atoms with Gasteiger partial charge in [0.15, 0.2) is 0 Å². The third kappa shape index (κ3) is 5.29. The van der Waals surface area contributed by atoms with Crippen LogP contribution in [-0.4, -0.2) is 24.9 Å². The van der Waals surface area contributed by atoms with Gasteiger partial charge in [0, 0.05) is 19.1 Å². The molecule has 3 heteroatoms. The van der Waals surface area contributed by atoms with Gasteiger partial charge >= 0.3 is 0 Å². The van der Waals surface area contributed by atoms with E-state index in [1.54, 1.807) is 12.1 Å². The summed E-state index contributed by atoms with van der Waals surface area (Å²) >= 11 is 0. The van der Waals surface area contributed by atoms with Gasteiger partial charge in [-0.25, -0.2) is 4.39 Å². The van der Waals surface area contributed by atoms with Crippen molar-refractivity contribution in [2.75, 3.05) is 19.8 Å². The number of unbranched alkanes of at least 4 members (excludes halogenated alkanes) is 1. The zero-order valence-corrected chi connectivity index (χ0v) is 10.4. The average Bonchev–Trinajstić information content (AvgIpc) is 2.35. The van der Waals surface area contributed by atoms with Gasteiger partial charge < -0.3 is 9.84 Å². The van der Waals surface area contributed by atoms with Gasteiger partial charge in [0.25, 0.3) is 0 Å². The van der Waals surface area contributed by atoms with Crippen molar-refractivity contribution in [1.29, 1.82) is 0 Å². The van der Waals surface area contributed by atoms with E-state index in [2.05, 4.69) is 6.92 Å². The lowest BCUT2D eigenvalue weighted by Crippen LogP contribution is -2.08. The second kappa shape index (κ2) is 8.20. The molecule has 96 valence electrons. The molecule has 0 heterocycles. The minimum Gasteiger partial charge on any atom is -0.396 e. The molecule has 2 nitrogen and oxygen atoms in total. The Morgan fingerprint density at radius 1 is 1.24 bits per heavy atom. The summed E-state index contributed by atoms with van der Waals surface area (Å²) in [4.78, 5) is 0. The van der Waals surface area contributed by atoms with Crippen LogP contribution in [0.3, 0.4) is 0 Å². The first-order valence-corrected chi connectivity index (χ1v) is 6.22. The standard InChI is InChI=1S/C14H21FO2/c1-2-3-9-17-10-8-13(11-16)12-4-6-14(15)7-5-12/h4-7,13,16H,2-3,8-11H2,1H3. The van der Waals surface area contributed by atoms with E-state index in [4.69, 9.17) is 4.74 Å². The number of rotatable bonds is 8. The van der Waals surface area contributed by atoms with E-state index in [0.29, 0.717) is 6.61 Å². The fourth-order valence-electron chi connectivity index (χ4n) is 1.67. The monoisotopic (exact) mass is 240 g/mol. The molecule has 1 rings (SSSR count). The van der Waals surface area contributed by atoms with Gasteiger partial charge in [-0.1, -0.05) is 25.5 Å². The average molecular weight is 240 g/mol. The van der Waals surface area contributed by atoms with Crippen LogP contribution in [0, 0.1) is 5.82 Å². The van der Waals surface area contributed by atoms with Gasteiger partial charge in [-0.2, -0.15) is 0 Å². The van der Waals surface area contributed by atoms with Crippen molar-refractivity contribution < 1.29 is 14.2 Å². The molecular formula is C14H21FO2. The van der Waals surface area contributed by atoms with Gasteiger partial charge in [0.2, 0.25) is 0 Å². The first kappa shape index (κ1) is 14.1. The highest BCUT2D eigenvalue weighted by atomic mass is 19.1. The molecule has 1 aromatic carbocycles. The van der Waals surface area contributed by atoms with E-state index in [0.717, 1.165) is 31.4 Å². The molecule has 0 aliphatic rings. The maximum atomic E-state index is 12.8. The highest BCUT2D eigenvalue weighted by molar-refractivity contribution is 5.20. The Labute approximate surface area is 102 Å². The summed E-state index contributed by atoms with van der Waals surface area (Å²) in [6.45, 7) is 3.61. The van der Waals surface area contributed by atoms with Crippen molar-refractivity contribution in [3.63, 3.8) is 0 Å². The second-order valence-corrected chi connectivity index (χ2v) is 4.19. The number of aliphatic hydroxyl groups excluding tert-OH is 1. The lowest BCUT2D eigenvalue weighted by atomic mass is 9.97. The zero-order chi connectivity index (χ0) is 12.5. The normalized spacial score (nSPS) is 12.6. The van der Waals surface area contributed by atoms with Crippen molar-refractivity contribution in [1.82, 2.24) is 0 Å². The van der Waals surface area contributed by atoms with Crippen LogP contribution in [0.2, 0.25) is 0 Å². The van der Waals surface area contributed by atoms with Crippen LogP contribution in [0.4, 0.5) is 4.39 Å². The number of benzene rings is 1. The minimum absolute atomic E-state index is 0.0391. The summed E-state index contributed by atoms with van der Waals surface area (Å²) in [5.74, 6) is -0.207. The molecule has 0 aromatic heterocycles. The van der Waals surface area contributed by atoms with Gasteiger partial charge in [-0.15, -0.1) is 0 Å². The molecule has 0 aliphatic carbocycles. The number of ether oxygens (including phenoxy) is 1. The zero-order valence-electron chi connectivity index (χ0n) is 10.4. The lowest BCUT2D eigenvalue weighted by molar-refractivity contribution is 0.116. The lowest BCUT2D eigenvalue weighted by Gasteiger charge is -2.14. The maximum absolute atomic E-state index is 12.8. The molecule has 0 fully saturated rings. The first-order valence-electron chi connectivity index (χ1n) is 6.22. The summed E-state index contributed by atoms with van der Waals surface area (Å²) in [6, 6.07) is 6.30. The molecule has 1 atom stereocenters. The molecule has 17 heavy (non-hydrogen) atoms. The van der Waals surface area contributed by atoms with Gasteiger partial charge in [0.1, 0.15) is 5.82 Å². The van der Waals surface area contributed by atoms with Crippen molar-refractivity contribution in [2.24, 2.45) is 0 Å². The third-order valence-corrected chi connectivity index (χ3v) is 2.81. The largest absolute Gasteiger partial charge is 0.396 e. The smallest absolute Gasteiger partial charge is 0.123 e. The molecule has 0 aliphatic heterocycles. The van der Waals surface area contributed by atoms with E-state index in [1.807, 2.05) is 0 Å². The molecule has 0 amide bonds. The van der Waals surface area contributed by atoms with Crippen LogP contribution < -0.4 is 0 Å². The molecule has 0 saturated carbocycles. The van der Waals surface area contributed by atoms with Crippen molar-refractivity contribution in [3.8, 4) is 0 Å². The Bertz CT molecular complexity index is 298. The predicted octanol–water partition coefficient (Wildman–Crippen LogP) is 3.11. The Kier molecular flexibility index (Phi) is 6.82. The molecule has 0 saturated heterocycles. The molecule has 0 bridgehead atoms. The van der Waals surface area contributed by atoms with Gasteiger partial charge in [0.05, 0.1) is 6.61 Å². The van der Waals surface area contributed by atoms with Crippen LogP contribution in [-0.2, 0) is 4.74 Å².